The summed E-state index contributed by atoms with van der Waals surface area (Å²) in [6.45, 7) is 5.05. The first-order chi connectivity index (χ1) is 5.24. The van der Waals surface area contributed by atoms with E-state index < -0.39 is 0 Å². The van der Waals surface area contributed by atoms with Gasteiger partial charge in [-0.15, -0.1) is 0 Å². The molecule has 0 aromatic carbocycles. The number of guanidine groups is 1. The van der Waals surface area contributed by atoms with Crippen LogP contribution in [0.2, 0.25) is 0 Å². The van der Waals surface area contributed by atoms with Crippen molar-refractivity contribution >= 4 is 41.9 Å². The molecule has 1 aliphatic rings. The standard InChI is InChI=1S/C7H14N4.Na/c1-6(2)11-4-9-7(8-3)10-5-11;/h4,6H,5H2,1-3H3,(H,8,10);. The van der Waals surface area contributed by atoms with E-state index >= 15 is 0 Å². The first-order valence-electron chi connectivity index (χ1n) is 3.74. The van der Waals surface area contributed by atoms with Gasteiger partial charge in [0.25, 0.3) is 0 Å². The van der Waals surface area contributed by atoms with Crippen LogP contribution in [0.15, 0.2) is 9.98 Å². The van der Waals surface area contributed by atoms with E-state index in [9.17, 15) is 0 Å². The second kappa shape index (κ2) is 5.56. The van der Waals surface area contributed by atoms with Crippen molar-refractivity contribution in [2.24, 2.45) is 9.98 Å². The molecule has 0 saturated heterocycles. The van der Waals surface area contributed by atoms with Crippen molar-refractivity contribution in [3.8, 4) is 0 Å². The van der Waals surface area contributed by atoms with Gasteiger partial charge in [-0.2, -0.15) is 0 Å². The zero-order chi connectivity index (χ0) is 8.27. The molecule has 1 heterocycles. The van der Waals surface area contributed by atoms with Gasteiger partial charge in [-0.25, -0.2) is 4.99 Å². The summed E-state index contributed by atoms with van der Waals surface area (Å²) in [5.74, 6) is 0.710. The molecule has 0 unspecified atom stereocenters. The molecule has 1 rings (SSSR count). The number of hydrogen-bond acceptors (Lipinski definition) is 2. The fourth-order valence-corrected chi connectivity index (χ4v) is 0.830. The number of aliphatic imine (C=N–C) groups is 2. The fourth-order valence-electron chi connectivity index (χ4n) is 0.830. The van der Waals surface area contributed by atoms with Crippen LogP contribution in [0, 0.1) is 0 Å². The third-order valence-corrected chi connectivity index (χ3v) is 1.62. The van der Waals surface area contributed by atoms with E-state index in [4.69, 9.17) is 0 Å². The molecule has 63 valence electrons. The molecule has 0 aromatic heterocycles. The molecule has 0 aromatic rings. The molecule has 0 saturated carbocycles. The van der Waals surface area contributed by atoms with Crippen LogP contribution in [0.1, 0.15) is 13.8 Å². The molecule has 5 heteroatoms. The molecule has 0 fully saturated rings. The second-order valence-corrected chi connectivity index (χ2v) is 2.73. The molecule has 0 aliphatic carbocycles. The van der Waals surface area contributed by atoms with Gasteiger partial charge in [-0.1, -0.05) is 0 Å². The Hall–Kier alpha value is -0.0600. The minimum Gasteiger partial charge on any atom is -0.342 e. The first kappa shape index (κ1) is 11.9. The molecule has 1 aliphatic heterocycles. The molecule has 0 atom stereocenters. The first-order valence-corrected chi connectivity index (χ1v) is 3.74. The number of nitrogens with one attached hydrogen (secondary N) is 1. The van der Waals surface area contributed by atoms with E-state index in [1.807, 2.05) is 6.34 Å². The maximum Gasteiger partial charge on any atom is 0.220 e. The van der Waals surface area contributed by atoms with Crippen molar-refractivity contribution in [1.29, 1.82) is 0 Å². The van der Waals surface area contributed by atoms with Crippen molar-refractivity contribution in [2.75, 3.05) is 13.7 Å². The zero-order valence-corrected chi connectivity index (χ0v) is 10.2. The predicted molar refractivity (Wildman–Crippen MR) is 52.6 cm³/mol. The Kier molecular flexibility index (Phi) is 5.53. The van der Waals surface area contributed by atoms with E-state index in [-0.39, 0.29) is 29.6 Å². The Labute approximate surface area is 95.4 Å². The largest absolute Gasteiger partial charge is 0.342 e. The van der Waals surface area contributed by atoms with Crippen molar-refractivity contribution in [1.82, 2.24) is 10.2 Å². The van der Waals surface area contributed by atoms with Crippen LogP contribution < -0.4 is 5.32 Å². The van der Waals surface area contributed by atoms with Crippen LogP contribution in [-0.2, 0) is 0 Å². The second-order valence-electron chi connectivity index (χ2n) is 2.73. The summed E-state index contributed by atoms with van der Waals surface area (Å²) in [5.41, 5.74) is 0. The normalized spacial score (nSPS) is 19.3. The topological polar surface area (TPSA) is 40.0 Å². The van der Waals surface area contributed by atoms with Crippen molar-refractivity contribution < 1.29 is 0 Å². The van der Waals surface area contributed by atoms with Crippen molar-refractivity contribution in [3.05, 3.63) is 0 Å². The number of nitrogens with zero attached hydrogens (tertiary/aromatic N) is 3. The Morgan fingerprint density at radius 2 is 2.33 bits per heavy atom. The average molecular weight is 177 g/mol. The minimum absolute atomic E-state index is 0. The van der Waals surface area contributed by atoms with Gasteiger partial charge in [0.1, 0.15) is 0 Å². The molecule has 0 amide bonds. The summed E-state index contributed by atoms with van der Waals surface area (Å²) in [5, 5.41) is 3.08. The predicted octanol–water partition coefficient (Wildman–Crippen LogP) is -0.109. The van der Waals surface area contributed by atoms with Gasteiger partial charge < -0.3 is 10.2 Å². The van der Waals surface area contributed by atoms with Crippen LogP contribution in [0.25, 0.3) is 0 Å². The maximum absolute atomic E-state index is 4.09. The fraction of sp³-hybridized carbons (Fsp3) is 0.714. The SMILES string of the molecule is CN=C1N=CN(C(C)C)CN1.[Na]. The summed E-state index contributed by atoms with van der Waals surface area (Å²) >= 11 is 0. The van der Waals surface area contributed by atoms with Gasteiger partial charge in [-0.05, 0) is 13.8 Å². The maximum atomic E-state index is 4.09. The summed E-state index contributed by atoms with van der Waals surface area (Å²) in [6, 6.07) is 0.490. The quantitative estimate of drug-likeness (QED) is 0.568. The molecule has 1 N–H and O–H groups in total. The third-order valence-electron chi connectivity index (χ3n) is 1.62. The molecule has 0 spiro atoms. The Morgan fingerprint density at radius 3 is 2.67 bits per heavy atom. The molecular formula is C7H14N4Na. The third kappa shape index (κ3) is 3.13. The van der Waals surface area contributed by atoms with Gasteiger partial charge in [0.15, 0.2) is 0 Å². The summed E-state index contributed by atoms with van der Waals surface area (Å²) in [7, 11) is 1.73. The summed E-state index contributed by atoms with van der Waals surface area (Å²) < 4.78 is 0. The average Bonchev–Trinajstić information content (AvgIpc) is 2.05. The smallest absolute Gasteiger partial charge is 0.220 e. The number of hydrogen-bond donors (Lipinski definition) is 1. The van der Waals surface area contributed by atoms with Gasteiger partial charge in [-0.3, -0.25) is 4.99 Å². The summed E-state index contributed by atoms with van der Waals surface area (Å²) in [6.07, 6.45) is 1.82. The van der Waals surface area contributed by atoms with Crippen LogP contribution in [-0.4, -0.2) is 66.5 Å². The summed E-state index contributed by atoms with van der Waals surface area (Å²) in [4.78, 5) is 10.1. The molecule has 0 bridgehead atoms. The van der Waals surface area contributed by atoms with Crippen LogP contribution in [0.5, 0.6) is 0 Å². The van der Waals surface area contributed by atoms with E-state index in [0.29, 0.717) is 12.0 Å². The van der Waals surface area contributed by atoms with Gasteiger partial charge in [0, 0.05) is 42.6 Å². The Morgan fingerprint density at radius 1 is 1.67 bits per heavy atom. The van der Waals surface area contributed by atoms with Gasteiger partial charge in [0.2, 0.25) is 5.96 Å². The van der Waals surface area contributed by atoms with E-state index in [2.05, 4.69) is 34.0 Å². The molecule has 4 nitrogen and oxygen atoms in total. The molecule has 1 radical (unpaired) electrons. The Bertz CT molecular complexity index is 188. The van der Waals surface area contributed by atoms with Gasteiger partial charge in [0.05, 0.1) is 13.0 Å². The van der Waals surface area contributed by atoms with Crippen molar-refractivity contribution in [2.45, 2.75) is 19.9 Å². The van der Waals surface area contributed by atoms with Crippen LogP contribution in [0.3, 0.4) is 0 Å². The minimum atomic E-state index is 0. The molecular weight excluding hydrogens is 163 g/mol. The van der Waals surface area contributed by atoms with E-state index in [0.717, 1.165) is 6.67 Å². The Balaban J connectivity index is 0.00000121. The zero-order valence-electron chi connectivity index (χ0n) is 8.20. The molecule has 12 heavy (non-hydrogen) atoms. The number of rotatable bonds is 1. The van der Waals surface area contributed by atoms with Crippen LogP contribution >= 0.6 is 0 Å². The van der Waals surface area contributed by atoms with Crippen molar-refractivity contribution in [3.63, 3.8) is 0 Å². The monoisotopic (exact) mass is 177 g/mol. The van der Waals surface area contributed by atoms with Crippen LogP contribution in [0.4, 0.5) is 0 Å². The van der Waals surface area contributed by atoms with E-state index in [1.54, 1.807) is 7.05 Å². The van der Waals surface area contributed by atoms with Gasteiger partial charge >= 0.3 is 0 Å². The van der Waals surface area contributed by atoms with E-state index in [1.165, 1.54) is 0 Å².